The highest BCUT2D eigenvalue weighted by Crippen LogP contribution is 2.32. The van der Waals surface area contributed by atoms with E-state index in [1.54, 1.807) is 13.0 Å². The molecule has 2 heterocycles. The van der Waals surface area contributed by atoms with Crippen molar-refractivity contribution in [1.29, 1.82) is 0 Å². The molecule has 0 radical (unpaired) electrons. The summed E-state index contributed by atoms with van der Waals surface area (Å²) < 4.78 is 29.9. The third kappa shape index (κ3) is 4.28. The molecule has 0 spiro atoms. The van der Waals surface area contributed by atoms with Crippen molar-refractivity contribution < 1.29 is 8.42 Å². The first-order valence-electron chi connectivity index (χ1n) is 9.88. The predicted octanol–water partition coefficient (Wildman–Crippen LogP) is 5.27. The van der Waals surface area contributed by atoms with E-state index in [1.165, 1.54) is 10.4 Å². The van der Waals surface area contributed by atoms with Crippen LogP contribution in [0.1, 0.15) is 18.4 Å². The first-order valence-corrected chi connectivity index (χ1v) is 12.1. The van der Waals surface area contributed by atoms with Gasteiger partial charge in [0.05, 0.1) is 5.02 Å². The largest absolute Gasteiger partial charge is 0.331 e. The van der Waals surface area contributed by atoms with Gasteiger partial charge in [0, 0.05) is 42.6 Å². The van der Waals surface area contributed by atoms with Crippen molar-refractivity contribution in [2.24, 2.45) is 5.92 Å². The highest BCUT2D eigenvalue weighted by molar-refractivity contribution is 7.89. The van der Waals surface area contributed by atoms with Gasteiger partial charge in [-0.25, -0.2) is 13.4 Å². The lowest BCUT2D eigenvalue weighted by Gasteiger charge is -2.32. The summed E-state index contributed by atoms with van der Waals surface area (Å²) in [5, 5.41) is 0.630. The van der Waals surface area contributed by atoms with E-state index in [9.17, 15) is 8.42 Å². The predicted molar refractivity (Wildman–Crippen MR) is 120 cm³/mol. The third-order valence-corrected chi connectivity index (χ3v) is 8.38. The monoisotopic (exact) mass is 463 g/mol. The van der Waals surface area contributed by atoms with Gasteiger partial charge in [-0.15, -0.1) is 0 Å². The van der Waals surface area contributed by atoms with Crippen molar-refractivity contribution in [3.05, 3.63) is 70.5 Å². The first kappa shape index (κ1) is 21.4. The maximum absolute atomic E-state index is 13.1. The average Bonchev–Trinajstić information content (AvgIpc) is 3.20. The Kier molecular flexibility index (Phi) is 6.21. The van der Waals surface area contributed by atoms with Crippen LogP contribution in [-0.4, -0.2) is 35.4 Å². The number of aryl methyl sites for hydroxylation is 1. The molecule has 1 fully saturated rings. The number of benzene rings is 2. The minimum absolute atomic E-state index is 0.130. The molecule has 0 N–H and O–H groups in total. The topological polar surface area (TPSA) is 55.2 Å². The maximum atomic E-state index is 13.1. The van der Waals surface area contributed by atoms with Gasteiger partial charge in [-0.1, -0.05) is 53.5 Å². The van der Waals surface area contributed by atoms with Crippen LogP contribution in [0.5, 0.6) is 0 Å². The average molecular weight is 464 g/mol. The SMILES string of the molecule is Cc1cc(S(=O)(=O)N2CCC(Cn3ccnc3-c3ccccc3)CC2)c(Cl)cc1Cl. The Bertz CT molecular complexity index is 1140. The Morgan fingerprint density at radius 2 is 1.77 bits per heavy atom. The molecule has 1 aromatic heterocycles. The lowest BCUT2D eigenvalue weighted by molar-refractivity contribution is 0.253. The van der Waals surface area contributed by atoms with E-state index in [1.807, 2.05) is 42.7 Å². The fourth-order valence-corrected chi connectivity index (χ4v) is 6.16. The van der Waals surface area contributed by atoms with Crippen LogP contribution in [0.25, 0.3) is 11.4 Å². The van der Waals surface area contributed by atoms with Crippen LogP contribution >= 0.6 is 23.2 Å². The number of halogens is 2. The second-order valence-electron chi connectivity index (χ2n) is 7.65. The Morgan fingerprint density at radius 1 is 1.07 bits per heavy atom. The molecule has 0 bridgehead atoms. The zero-order valence-electron chi connectivity index (χ0n) is 16.6. The van der Waals surface area contributed by atoms with Crippen molar-refractivity contribution in [3.8, 4) is 11.4 Å². The van der Waals surface area contributed by atoms with Crippen molar-refractivity contribution in [3.63, 3.8) is 0 Å². The number of piperidine rings is 1. The molecule has 8 heteroatoms. The van der Waals surface area contributed by atoms with Gasteiger partial charge in [-0.2, -0.15) is 4.31 Å². The summed E-state index contributed by atoms with van der Waals surface area (Å²) in [6, 6.07) is 13.1. The van der Waals surface area contributed by atoms with Crippen molar-refractivity contribution >= 4 is 33.2 Å². The number of sulfonamides is 1. The molecule has 0 atom stereocenters. The quantitative estimate of drug-likeness (QED) is 0.517. The Hall–Kier alpha value is -1.86. The second kappa shape index (κ2) is 8.71. The van der Waals surface area contributed by atoms with Crippen molar-refractivity contribution in [2.75, 3.05) is 13.1 Å². The summed E-state index contributed by atoms with van der Waals surface area (Å²) in [4.78, 5) is 4.63. The molecule has 4 rings (SSSR count). The Labute approximate surface area is 187 Å². The van der Waals surface area contributed by atoms with Gasteiger partial charge in [0.15, 0.2) is 0 Å². The van der Waals surface area contributed by atoms with Crippen LogP contribution in [0, 0.1) is 12.8 Å². The van der Waals surface area contributed by atoms with E-state index in [-0.39, 0.29) is 9.92 Å². The number of aromatic nitrogens is 2. The normalized spacial score (nSPS) is 16.1. The molecule has 1 saturated heterocycles. The molecule has 30 heavy (non-hydrogen) atoms. The second-order valence-corrected chi connectivity index (χ2v) is 10.4. The zero-order chi connectivity index (χ0) is 21.3. The van der Waals surface area contributed by atoms with Gasteiger partial charge in [-0.3, -0.25) is 0 Å². The Morgan fingerprint density at radius 3 is 2.47 bits per heavy atom. The standard InChI is InChI=1S/C22H23Cl2N3O2S/c1-16-13-21(20(24)14-19(16)23)30(28,29)27-10-7-17(8-11-27)15-26-12-9-25-22(26)18-5-3-2-4-6-18/h2-6,9,12-14,17H,7-8,10-11,15H2,1H3. The number of hydrogen-bond donors (Lipinski definition) is 0. The van der Waals surface area contributed by atoms with Gasteiger partial charge in [0.25, 0.3) is 0 Å². The fourth-order valence-electron chi connectivity index (χ4n) is 3.88. The molecule has 0 unspecified atom stereocenters. The smallest absolute Gasteiger partial charge is 0.244 e. The van der Waals surface area contributed by atoms with E-state index in [0.717, 1.165) is 30.8 Å². The van der Waals surface area contributed by atoms with Crippen molar-refractivity contribution in [2.45, 2.75) is 31.2 Å². The van der Waals surface area contributed by atoms with Crippen LogP contribution in [0.4, 0.5) is 0 Å². The summed E-state index contributed by atoms with van der Waals surface area (Å²) in [5.41, 5.74) is 1.78. The highest BCUT2D eigenvalue weighted by atomic mass is 35.5. The van der Waals surface area contributed by atoms with Gasteiger partial charge in [-0.05, 0) is 43.4 Å². The van der Waals surface area contributed by atoms with Crippen LogP contribution in [0.3, 0.4) is 0 Å². The molecule has 3 aromatic rings. The molecular weight excluding hydrogens is 441 g/mol. The molecule has 0 saturated carbocycles. The highest BCUT2D eigenvalue weighted by Gasteiger charge is 2.31. The lowest BCUT2D eigenvalue weighted by atomic mass is 9.98. The molecular formula is C22H23Cl2N3O2S. The molecule has 0 amide bonds. The summed E-state index contributed by atoms with van der Waals surface area (Å²) in [6.07, 6.45) is 5.38. The van der Waals surface area contributed by atoms with E-state index in [4.69, 9.17) is 23.2 Å². The number of imidazole rings is 1. The fraction of sp³-hybridized carbons (Fsp3) is 0.318. The van der Waals surface area contributed by atoms with Crippen LogP contribution in [-0.2, 0) is 16.6 Å². The summed E-state index contributed by atoms with van der Waals surface area (Å²) >= 11 is 12.3. The van der Waals surface area contributed by atoms with Gasteiger partial charge < -0.3 is 4.57 Å². The van der Waals surface area contributed by atoms with E-state index >= 15 is 0 Å². The van der Waals surface area contributed by atoms with Gasteiger partial charge >= 0.3 is 0 Å². The van der Waals surface area contributed by atoms with E-state index in [0.29, 0.717) is 29.6 Å². The summed E-state index contributed by atoms with van der Waals surface area (Å²) in [7, 11) is -3.64. The molecule has 0 aliphatic carbocycles. The Balaban J connectivity index is 1.45. The minimum atomic E-state index is -3.64. The minimum Gasteiger partial charge on any atom is -0.331 e. The molecule has 1 aliphatic heterocycles. The number of rotatable bonds is 5. The van der Waals surface area contributed by atoms with Crippen LogP contribution in [0.2, 0.25) is 10.0 Å². The maximum Gasteiger partial charge on any atom is 0.244 e. The summed E-state index contributed by atoms with van der Waals surface area (Å²) in [5.74, 6) is 1.32. The molecule has 2 aromatic carbocycles. The molecule has 158 valence electrons. The number of nitrogens with zero attached hydrogens (tertiary/aromatic N) is 3. The van der Waals surface area contributed by atoms with Crippen LogP contribution in [0.15, 0.2) is 59.8 Å². The van der Waals surface area contributed by atoms with E-state index < -0.39 is 10.0 Å². The lowest BCUT2D eigenvalue weighted by Crippen LogP contribution is -2.39. The van der Waals surface area contributed by atoms with Crippen molar-refractivity contribution in [1.82, 2.24) is 13.9 Å². The van der Waals surface area contributed by atoms with Gasteiger partial charge in [0.2, 0.25) is 10.0 Å². The zero-order valence-corrected chi connectivity index (χ0v) is 19.0. The summed E-state index contributed by atoms with van der Waals surface area (Å²) in [6.45, 7) is 3.54. The van der Waals surface area contributed by atoms with Gasteiger partial charge in [0.1, 0.15) is 10.7 Å². The van der Waals surface area contributed by atoms with Crippen LogP contribution < -0.4 is 0 Å². The first-order chi connectivity index (χ1) is 14.4. The third-order valence-electron chi connectivity index (χ3n) is 5.61. The van der Waals surface area contributed by atoms with E-state index in [2.05, 4.69) is 9.55 Å². The molecule has 1 aliphatic rings. The number of hydrogen-bond acceptors (Lipinski definition) is 3. The molecule has 5 nitrogen and oxygen atoms in total.